The number of carboxylic acids is 1. The van der Waals surface area contributed by atoms with Crippen molar-refractivity contribution in [2.45, 2.75) is 52.0 Å². The number of hydrogen-bond donors (Lipinski definition) is 1. The van der Waals surface area contributed by atoms with Gasteiger partial charge in [-0.3, -0.25) is 19.0 Å². The van der Waals surface area contributed by atoms with Gasteiger partial charge in [0.1, 0.15) is 10.7 Å². The third-order valence-electron chi connectivity index (χ3n) is 4.57. The molecule has 6 nitrogen and oxygen atoms in total. The van der Waals surface area contributed by atoms with E-state index in [1.54, 1.807) is 13.8 Å². The second-order valence-electron chi connectivity index (χ2n) is 6.02. The van der Waals surface area contributed by atoms with Crippen LogP contribution in [0.4, 0.5) is 0 Å². The number of carboxylic acid groups (broad SMARTS) is 1. The average Bonchev–Trinajstić information content (AvgIpc) is 2.84. The summed E-state index contributed by atoms with van der Waals surface area (Å²) in [5.74, 6) is -1.21. The van der Waals surface area contributed by atoms with Gasteiger partial charge in [-0.05, 0) is 45.6 Å². The number of carbonyl (C=O) groups is 2. The van der Waals surface area contributed by atoms with Gasteiger partial charge in [-0.2, -0.15) is 0 Å². The first-order valence-electron chi connectivity index (χ1n) is 7.60. The minimum Gasteiger partial charge on any atom is -0.481 e. The SMILES string of the molecule is CC(=O)C(C)n1c(C)nc2sc3c(c2c1=O)C(C(=O)O)CCC3. The zero-order chi connectivity index (χ0) is 16.9. The number of aryl methyl sites for hydroxylation is 2. The molecule has 2 atom stereocenters. The van der Waals surface area contributed by atoms with Crippen LogP contribution in [0.3, 0.4) is 0 Å². The van der Waals surface area contributed by atoms with Crippen LogP contribution in [-0.4, -0.2) is 26.4 Å². The van der Waals surface area contributed by atoms with Gasteiger partial charge in [-0.25, -0.2) is 4.98 Å². The van der Waals surface area contributed by atoms with Crippen molar-refractivity contribution < 1.29 is 14.7 Å². The van der Waals surface area contributed by atoms with Crippen LogP contribution in [0.25, 0.3) is 10.2 Å². The predicted octanol–water partition coefficient (Wildman–Crippen LogP) is 2.42. The quantitative estimate of drug-likeness (QED) is 0.931. The molecule has 0 aromatic carbocycles. The molecular weight excluding hydrogens is 316 g/mol. The van der Waals surface area contributed by atoms with E-state index in [-0.39, 0.29) is 11.3 Å². The molecule has 2 heterocycles. The fraction of sp³-hybridized carbons (Fsp3) is 0.500. The molecule has 1 aliphatic rings. The fourth-order valence-electron chi connectivity index (χ4n) is 3.28. The number of fused-ring (bicyclic) bond motifs is 3. The van der Waals surface area contributed by atoms with E-state index in [9.17, 15) is 19.5 Å². The Morgan fingerprint density at radius 2 is 2.13 bits per heavy atom. The van der Waals surface area contributed by atoms with Crippen molar-refractivity contribution in [3.05, 3.63) is 26.6 Å². The van der Waals surface area contributed by atoms with Gasteiger partial charge >= 0.3 is 5.97 Å². The van der Waals surface area contributed by atoms with Crippen molar-refractivity contribution in [3.8, 4) is 0 Å². The molecule has 122 valence electrons. The van der Waals surface area contributed by atoms with Crippen molar-refractivity contribution in [1.82, 2.24) is 9.55 Å². The fourth-order valence-corrected chi connectivity index (χ4v) is 4.59. The van der Waals surface area contributed by atoms with Gasteiger partial charge in [0.2, 0.25) is 0 Å². The third-order valence-corrected chi connectivity index (χ3v) is 5.73. The summed E-state index contributed by atoms with van der Waals surface area (Å²) < 4.78 is 1.38. The Morgan fingerprint density at radius 3 is 2.74 bits per heavy atom. The number of rotatable bonds is 3. The van der Waals surface area contributed by atoms with Gasteiger partial charge in [0.05, 0.1) is 17.3 Å². The van der Waals surface area contributed by atoms with Crippen molar-refractivity contribution >= 4 is 33.3 Å². The molecule has 0 saturated heterocycles. The number of hydrogen-bond acceptors (Lipinski definition) is 5. The number of aliphatic carboxylic acids is 1. The standard InChI is InChI=1S/C16H18N2O4S/c1-7(8(2)19)18-9(3)17-14-13(15(18)20)12-10(16(21)22)5-4-6-11(12)23-14/h7,10H,4-6H2,1-3H3,(H,21,22). The summed E-state index contributed by atoms with van der Waals surface area (Å²) in [6.45, 7) is 4.80. The highest BCUT2D eigenvalue weighted by Crippen LogP contribution is 2.40. The molecule has 23 heavy (non-hydrogen) atoms. The molecule has 0 radical (unpaired) electrons. The highest BCUT2D eigenvalue weighted by molar-refractivity contribution is 7.18. The van der Waals surface area contributed by atoms with Crippen LogP contribution < -0.4 is 5.56 Å². The summed E-state index contributed by atoms with van der Waals surface area (Å²) in [5.41, 5.74) is 0.312. The van der Waals surface area contributed by atoms with Gasteiger partial charge in [-0.1, -0.05) is 0 Å². The first-order valence-corrected chi connectivity index (χ1v) is 8.42. The molecule has 7 heteroatoms. The Kier molecular flexibility index (Phi) is 3.83. The maximum atomic E-state index is 13.0. The van der Waals surface area contributed by atoms with E-state index in [0.717, 1.165) is 17.7 Å². The summed E-state index contributed by atoms with van der Waals surface area (Å²) >= 11 is 1.41. The van der Waals surface area contributed by atoms with Gasteiger partial charge in [0, 0.05) is 4.88 Å². The first-order chi connectivity index (χ1) is 10.8. The Bertz CT molecular complexity index is 880. The highest BCUT2D eigenvalue weighted by Gasteiger charge is 2.32. The van der Waals surface area contributed by atoms with Crippen molar-refractivity contribution in [1.29, 1.82) is 0 Å². The molecule has 0 spiro atoms. The summed E-state index contributed by atoms with van der Waals surface area (Å²) in [6, 6.07) is -0.609. The Balaban J connectivity index is 2.36. The molecule has 0 fully saturated rings. The molecule has 1 aliphatic carbocycles. The van der Waals surface area contributed by atoms with Crippen molar-refractivity contribution in [3.63, 3.8) is 0 Å². The minimum atomic E-state index is -0.906. The maximum Gasteiger partial charge on any atom is 0.311 e. The minimum absolute atomic E-state index is 0.129. The number of ketones is 1. The molecule has 2 aromatic rings. The third kappa shape index (κ3) is 2.39. The summed E-state index contributed by atoms with van der Waals surface area (Å²) in [7, 11) is 0. The van der Waals surface area contributed by atoms with Crippen LogP contribution in [0.1, 0.15) is 54.9 Å². The lowest BCUT2D eigenvalue weighted by Crippen LogP contribution is -2.30. The number of aromatic nitrogens is 2. The summed E-state index contributed by atoms with van der Waals surface area (Å²) in [6.07, 6.45) is 2.11. The zero-order valence-corrected chi connectivity index (χ0v) is 14.1. The van der Waals surface area contributed by atoms with Crippen LogP contribution >= 0.6 is 11.3 Å². The lowest BCUT2D eigenvalue weighted by Gasteiger charge is -2.19. The van der Waals surface area contributed by atoms with E-state index in [0.29, 0.717) is 28.0 Å². The predicted molar refractivity (Wildman–Crippen MR) is 87.3 cm³/mol. The van der Waals surface area contributed by atoms with E-state index < -0.39 is 17.9 Å². The number of Topliss-reactive ketones (excluding diaryl/α,β-unsaturated/α-hetero) is 1. The largest absolute Gasteiger partial charge is 0.481 e. The van der Waals surface area contributed by atoms with E-state index in [1.807, 2.05) is 0 Å². The second-order valence-corrected chi connectivity index (χ2v) is 7.11. The zero-order valence-electron chi connectivity index (χ0n) is 13.3. The Labute approximate surface area is 136 Å². The smallest absolute Gasteiger partial charge is 0.311 e. The molecule has 0 amide bonds. The van der Waals surface area contributed by atoms with E-state index in [2.05, 4.69) is 4.98 Å². The van der Waals surface area contributed by atoms with Gasteiger partial charge in [-0.15, -0.1) is 11.3 Å². The highest BCUT2D eigenvalue weighted by atomic mass is 32.1. The Hall–Kier alpha value is -2.02. The van der Waals surface area contributed by atoms with Crippen LogP contribution in [0.15, 0.2) is 4.79 Å². The van der Waals surface area contributed by atoms with Crippen molar-refractivity contribution in [2.75, 3.05) is 0 Å². The number of thiophene rings is 1. The lowest BCUT2D eigenvalue weighted by molar-refractivity contribution is -0.139. The normalized spacial score (nSPS) is 18.7. The molecule has 2 unspecified atom stereocenters. The van der Waals surface area contributed by atoms with E-state index in [4.69, 9.17) is 0 Å². The summed E-state index contributed by atoms with van der Waals surface area (Å²) in [5, 5.41) is 9.88. The van der Waals surface area contributed by atoms with Gasteiger partial charge in [0.15, 0.2) is 5.78 Å². The molecule has 0 saturated carbocycles. The Morgan fingerprint density at radius 1 is 1.43 bits per heavy atom. The topological polar surface area (TPSA) is 89.3 Å². The number of nitrogens with zero attached hydrogens (tertiary/aromatic N) is 2. The molecule has 3 rings (SSSR count). The average molecular weight is 334 g/mol. The van der Waals surface area contributed by atoms with Crippen molar-refractivity contribution in [2.24, 2.45) is 0 Å². The maximum absolute atomic E-state index is 13.0. The van der Waals surface area contributed by atoms with E-state index >= 15 is 0 Å². The molecular formula is C16H18N2O4S. The molecule has 2 aromatic heterocycles. The summed E-state index contributed by atoms with van der Waals surface area (Å²) in [4.78, 5) is 42.3. The van der Waals surface area contributed by atoms with E-state index in [1.165, 1.54) is 22.8 Å². The van der Waals surface area contributed by atoms with Crippen LogP contribution in [0.2, 0.25) is 0 Å². The first kappa shape index (κ1) is 15.9. The van der Waals surface area contributed by atoms with Crippen LogP contribution in [0, 0.1) is 6.92 Å². The molecule has 0 aliphatic heterocycles. The van der Waals surface area contributed by atoms with Gasteiger partial charge < -0.3 is 5.11 Å². The molecule has 1 N–H and O–H groups in total. The monoisotopic (exact) mass is 334 g/mol. The van der Waals surface area contributed by atoms with Gasteiger partial charge in [0.25, 0.3) is 5.56 Å². The second kappa shape index (κ2) is 5.56. The number of carbonyl (C=O) groups excluding carboxylic acids is 1. The lowest BCUT2D eigenvalue weighted by atomic mass is 9.86. The van der Waals surface area contributed by atoms with Crippen LogP contribution in [0.5, 0.6) is 0 Å². The molecule has 0 bridgehead atoms. The van der Waals surface area contributed by atoms with Crippen LogP contribution in [-0.2, 0) is 16.0 Å².